The largest absolute Gasteiger partial charge is 0.475 e. The molecule has 0 bridgehead atoms. The number of halogens is 3. The van der Waals surface area contributed by atoms with E-state index < -0.39 is 11.9 Å². The molecule has 4 rings (SSSR count). The molecule has 2 heterocycles. The number of rotatable bonds is 10. The van der Waals surface area contributed by atoms with Gasteiger partial charge in [-0.05, 0) is 55.8 Å². The summed E-state index contributed by atoms with van der Waals surface area (Å²) in [7, 11) is 0. The maximum Gasteiger partial charge on any atom is 0.257 e. The summed E-state index contributed by atoms with van der Waals surface area (Å²) in [4.78, 5) is 23.5. The summed E-state index contributed by atoms with van der Waals surface area (Å²) < 4.78 is 19.5. The molecule has 4 N–H and O–H groups in total. The summed E-state index contributed by atoms with van der Waals surface area (Å²) >= 11 is 12.1. The number of carbonyl (C=O) groups is 1. The van der Waals surface area contributed by atoms with Crippen LogP contribution in [-0.4, -0.2) is 64.8 Å². The van der Waals surface area contributed by atoms with Crippen LogP contribution in [0.5, 0.6) is 5.88 Å². The first-order valence-electron chi connectivity index (χ1n) is 12.0. The predicted molar refractivity (Wildman–Crippen MR) is 142 cm³/mol. The van der Waals surface area contributed by atoms with Gasteiger partial charge in [-0.3, -0.25) is 4.79 Å². The maximum absolute atomic E-state index is 13.8. The minimum Gasteiger partial charge on any atom is -0.475 e. The van der Waals surface area contributed by atoms with Gasteiger partial charge in [-0.25, -0.2) is 14.4 Å². The van der Waals surface area contributed by atoms with Gasteiger partial charge in [0.05, 0.1) is 29.6 Å². The van der Waals surface area contributed by atoms with Gasteiger partial charge in [0.1, 0.15) is 5.82 Å². The molecule has 0 spiro atoms. The Labute approximate surface area is 224 Å². The van der Waals surface area contributed by atoms with E-state index in [-0.39, 0.29) is 42.2 Å². The summed E-state index contributed by atoms with van der Waals surface area (Å²) in [6, 6.07) is 9.52. The second-order valence-corrected chi connectivity index (χ2v) is 9.60. The van der Waals surface area contributed by atoms with Crippen molar-refractivity contribution >= 4 is 34.9 Å². The number of amides is 1. The van der Waals surface area contributed by atoms with Gasteiger partial charge in [0, 0.05) is 35.7 Å². The molecule has 1 amide bonds. The Bertz CT molecular complexity index is 1260. The molecule has 0 aliphatic carbocycles. The van der Waals surface area contributed by atoms with Gasteiger partial charge in [-0.2, -0.15) is 0 Å². The fourth-order valence-corrected chi connectivity index (χ4v) is 4.69. The topological polar surface area (TPSA) is 114 Å². The average molecular weight is 548 g/mol. The van der Waals surface area contributed by atoms with Crippen molar-refractivity contribution < 1.29 is 19.0 Å². The number of hydrogen-bond acceptors (Lipinski definition) is 7. The Hall–Kier alpha value is -2.98. The minimum absolute atomic E-state index is 0.0532. The van der Waals surface area contributed by atoms with Gasteiger partial charge in [0.15, 0.2) is 5.82 Å². The number of nitrogen functional groups attached to an aromatic ring is 1. The molecule has 37 heavy (non-hydrogen) atoms. The molecule has 2 aromatic carbocycles. The molecule has 0 radical (unpaired) electrons. The van der Waals surface area contributed by atoms with Crippen LogP contribution < -0.4 is 15.8 Å². The lowest BCUT2D eigenvalue weighted by molar-refractivity contribution is 0.0879. The van der Waals surface area contributed by atoms with Crippen LogP contribution in [0, 0.1) is 5.82 Å². The number of aromatic nitrogens is 2. The molecule has 3 aromatic rings. The monoisotopic (exact) mass is 547 g/mol. The molecule has 8 nitrogen and oxygen atoms in total. The Morgan fingerprint density at radius 2 is 2.03 bits per heavy atom. The molecular formula is C26H28Cl2FN5O3. The fourth-order valence-electron chi connectivity index (χ4n) is 4.13. The van der Waals surface area contributed by atoms with Crippen LogP contribution >= 0.6 is 23.2 Å². The molecule has 1 unspecified atom stereocenters. The highest BCUT2D eigenvalue weighted by molar-refractivity contribution is 6.36. The lowest BCUT2D eigenvalue weighted by Crippen LogP contribution is -2.39. The number of nitrogens with zero attached hydrogens (tertiary/aromatic N) is 3. The summed E-state index contributed by atoms with van der Waals surface area (Å²) in [5, 5.41) is 13.3. The zero-order valence-corrected chi connectivity index (χ0v) is 21.6. The average Bonchev–Trinajstić information content (AvgIpc) is 3.41. The first kappa shape index (κ1) is 27.1. The van der Waals surface area contributed by atoms with Gasteiger partial charge in [0.2, 0.25) is 0 Å². The molecule has 1 fully saturated rings. The van der Waals surface area contributed by atoms with Crippen molar-refractivity contribution in [3.63, 3.8) is 0 Å². The van der Waals surface area contributed by atoms with Crippen molar-refractivity contribution in [3.05, 3.63) is 69.6 Å². The molecule has 1 aliphatic rings. The Morgan fingerprint density at radius 1 is 1.24 bits per heavy atom. The van der Waals surface area contributed by atoms with Gasteiger partial charge in [-0.15, -0.1) is 0 Å². The molecule has 1 aliphatic heterocycles. The molecule has 11 heteroatoms. The normalized spacial score (nSPS) is 14.5. The highest BCUT2D eigenvalue weighted by atomic mass is 35.5. The SMILES string of the molecule is Nc1ncc(-c2cccc(C(=O)NCC(O)CN3CCCC3)c2)nc1OCCc1c(Cl)ccc(F)c1Cl. The number of β-amino-alcohol motifs (C(OH)–C–C–N with tert-alkyl or cyclic N) is 1. The maximum atomic E-state index is 13.8. The quantitative estimate of drug-likeness (QED) is 0.329. The lowest BCUT2D eigenvalue weighted by atomic mass is 10.1. The first-order valence-corrected chi connectivity index (χ1v) is 12.7. The van der Waals surface area contributed by atoms with Crippen LogP contribution in [0.4, 0.5) is 10.2 Å². The molecular weight excluding hydrogens is 520 g/mol. The molecule has 0 saturated carbocycles. The second-order valence-electron chi connectivity index (χ2n) is 8.82. The van der Waals surface area contributed by atoms with Crippen molar-refractivity contribution in [3.8, 4) is 17.1 Å². The Kier molecular flexibility index (Phi) is 9.15. The number of anilines is 1. The number of likely N-dealkylation sites (tertiary alicyclic amines) is 1. The number of nitrogens with one attached hydrogen (secondary N) is 1. The predicted octanol–water partition coefficient (Wildman–Crippen LogP) is 3.98. The van der Waals surface area contributed by atoms with Crippen LogP contribution in [0.3, 0.4) is 0 Å². The summed E-state index contributed by atoms with van der Waals surface area (Å²) in [5.41, 5.74) is 7.87. The van der Waals surface area contributed by atoms with Crippen molar-refractivity contribution in [2.75, 3.05) is 38.5 Å². The number of carbonyl (C=O) groups excluding carboxylic acids is 1. The van der Waals surface area contributed by atoms with E-state index in [4.69, 9.17) is 33.7 Å². The highest BCUT2D eigenvalue weighted by Crippen LogP contribution is 2.28. The number of nitrogens with two attached hydrogens (primary N) is 1. The fraction of sp³-hybridized carbons (Fsp3) is 0.346. The minimum atomic E-state index is -0.634. The van der Waals surface area contributed by atoms with E-state index >= 15 is 0 Å². The number of aliphatic hydroxyl groups is 1. The molecule has 196 valence electrons. The third kappa shape index (κ3) is 7.07. The van der Waals surface area contributed by atoms with Crippen LogP contribution in [0.15, 0.2) is 42.6 Å². The summed E-state index contributed by atoms with van der Waals surface area (Å²) in [5.74, 6) is -0.680. The lowest BCUT2D eigenvalue weighted by Gasteiger charge is -2.19. The van der Waals surface area contributed by atoms with E-state index in [1.807, 2.05) is 0 Å². The zero-order valence-electron chi connectivity index (χ0n) is 20.1. The smallest absolute Gasteiger partial charge is 0.257 e. The summed E-state index contributed by atoms with van der Waals surface area (Å²) in [6.45, 7) is 2.76. The number of benzene rings is 2. The van der Waals surface area contributed by atoms with Crippen molar-refractivity contribution in [1.82, 2.24) is 20.2 Å². The van der Waals surface area contributed by atoms with Crippen LogP contribution in [-0.2, 0) is 6.42 Å². The first-order chi connectivity index (χ1) is 17.8. The summed E-state index contributed by atoms with van der Waals surface area (Å²) in [6.07, 6.45) is 3.37. The Balaban J connectivity index is 1.39. The van der Waals surface area contributed by atoms with Gasteiger partial charge < -0.3 is 25.8 Å². The van der Waals surface area contributed by atoms with Crippen molar-refractivity contribution in [2.24, 2.45) is 0 Å². The second kappa shape index (κ2) is 12.5. The Morgan fingerprint density at radius 3 is 2.81 bits per heavy atom. The van der Waals surface area contributed by atoms with Crippen molar-refractivity contribution in [1.29, 1.82) is 0 Å². The number of aliphatic hydroxyl groups excluding tert-OH is 1. The van der Waals surface area contributed by atoms with Gasteiger partial charge >= 0.3 is 0 Å². The standard InChI is InChI=1S/C26H28Cl2FN5O3/c27-20-6-7-21(29)23(28)19(20)8-11-37-26-24(30)31-14-22(33-26)16-4-3-5-17(12-16)25(36)32-13-18(35)15-34-9-1-2-10-34/h3-7,12,14,18,35H,1-2,8-11,13,15H2,(H2,30,31)(H,32,36). The van der Waals surface area contributed by atoms with E-state index in [0.717, 1.165) is 25.9 Å². The van der Waals surface area contributed by atoms with Crippen molar-refractivity contribution in [2.45, 2.75) is 25.4 Å². The highest BCUT2D eigenvalue weighted by Gasteiger charge is 2.17. The van der Waals surface area contributed by atoms with Crippen LogP contribution in [0.2, 0.25) is 10.0 Å². The molecule has 1 saturated heterocycles. The van der Waals surface area contributed by atoms with Crippen LogP contribution in [0.1, 0.15) is 28.8 Å². The third-order valence-corrected chi connectivity index (χ3v) is 6.85. The van der Waals surface area contributed by atoms with E-state index in [1.54, 1.807) is 24.3 Å². The van der Waals surface area contributed by atoms with E-state index in [1.165, 1.54) is 18.3 Å². The van der Waals surface area contributed by atoms with Gasteiger partial charge in [0.25, 0.3) is 11.8 Å². The van der Waals surface area contributed by atoms with E-state index in [9.17, 15) is 14.3 Å². The number of ether oxygens (including phenoxy) is 1. The van der Waals surface area contributed by atoms with Gasteiger partial charge in [-0.1, -0.05) is 35.3 Å². The van der Waals surface area contributed by atoms with E-state index in [0.29, 0.717) is 34.0 Å². The third-order valence-electron chi connectivity index (χ3n) is 6.08. The zero-order chi connectivity index (χ0) is 26.4. The van der Waals surface area contributed by atoms with E-state index in [2.05, 4.69) is 20.2 Å². The molecule has 1 aromatic heterocycles. The molecule has 1 atom stereocenters. The number of hydrogen-bond donors (Lipinski definition) is 3. The van der Waals surface area contributed by atoms with Crippen LogP contribution in [0.25, 0.3) is 11.3 Å².